The second kappa shape index (κ2) is 7.40. The van der Waals surface area contributed by atoms with Crippen molar-refractivity contribution in [2.45, 2.75) is 13.8 Å². The minimum atomic E-state index is -0.0289. The Balaban J connectivity index is 2.84. The predicted molar refractivity (Wildman–Crippen MR) is 84.1 cm³/mol. The molecule has 1 atom stereocenters. The lowest BCUT2D eigenvalue weighted by Crippen LogP contribution is -2.32. The van der Waals surface area contributed by atoms with E-state index in [1.165, 1.54) is 11.3 Å². The molecule has 0 saturated carbocycles. The van der Waals surface area contributed by atoms with E-state index in [4.69, 9.17) is 0 Å². The van der Waals surface area contributed by atoms with Gasteiger partial charge >= 0.3 is 0 Å². The van der Waals surface area contributed by atoms with Crippen molar-refractivity contribution >= 4 is 46.4 Å². The number of carbonyl (C=O) groups excluding carboxylic acids is 1. The molecule has 1 aromatic rings. The number of amides is 1. The van der Waals surface area contributed by atoms with E-state index in [0.29, 0.717) is 5.13 Å². The molecule has 0 aliphatic carbocycles. The summed E-state index contributed by atoms with van der Waals surface area (Å²) in [5.74, 6) is 0.827. The molecule has 104 valence electrons. The number of hydrogen-bond acceptors (Lipinski definition) is 6. The number of aromatic nitrogens is 2. The maximum Gasteiger partial charge on any atom is 0.232 e. The number of rotatable bonds is 6. The first-order chi connectivity index (χ1) is 9.01. The van der Waals surface area contributed by atoms with E-state index in [2.05, 4.69) is 21.9 Å². The summed E-state index contributed by atoms with van der Waals surface area (Å²) in [5.41, 5.74) is 0.886. The van der Waals surface area contributed by atoms with Gasteiger partial charge in [0.15, 0.2) is 0 Å². The molecule has 0 radical (unpaired) electrons. The topological polar surface area (TPSA) is 58.5 Å². The summed E-state index contributed by atoms with van der Waals surface area (Å²) in [6.07, 6.45) is 3.62. The van der Waals surface area contributed by atoms with Gasteiger partial charge in [-0.15, -0.1) is 10.2 Å². The Kier molecular flexibility index (Phi) is 6.17. The lowest BCUT2D eigenvalue weighted by molar-refractivity contribution is -0.120. The molecule has 0 aliphatic rings. The van der Waals surface area contributed by atoms with Crippen molar-refractivity contribution in [1.82, 2.24) is 10.2 Å². The summed E-state index contributed by atoms with van der Waals surface area (Å²) in [5, 5.41) is 9.46. The number of allylic oxidation sites excluding steroid dienone is 1. The summed E-state index contributed by atoms with van der Waals surface area (Å²) in [6, 6.07) is 0. The van der Waals surface area contributed by atoms with Gasteiger partial charge in [-0.2, -0.15) is 11.8 Å². The molecule has 19 heavy (non-hydrogen) atoms. The van der Waals surface area contributed by atoms with Crippen LogP contribution in [0.4, 0.5) is 5.13 Å². The zero-order valence-electron chi connectivity index (χ0n) is 11.6. The van der Waals surface area contributed by atoms with Gasteiger partial charge in [0.1, 0.15) is 5.01 Å². The van der Waals surface area contributed by atoms with Crippen LogP contribution in [0.25, 0.3) is 5.57 Å². The summed E-state index contributed by atoms with van der Waals surface area (Å²) in [7, 11) is 1.73. The van der Waals surface area contributed by atoms with Crippen LogP contribution in [-0.2, 0) is 4.79 Å². The third-order valence-electron chi connectivity index (χ3n) is 2.49. The first-order valence-electron chi connectivity index (χ1n) is 5.74. The summed E-state index contributed by atoms with van der Waals surface area (Å²) < 4.78 is 0. The molecule has 0 spiro atoms. The van der Waals surface area contributed by atoms with Crippen molar-refractivity contribution in [3.8, 4) is 0 Å². The average Bonchev–Trinajstić information content (AvgIpc) is 2.87. The van der Waals surface area contributed by atoms with Gasteiger partial charge in [0.05, 0.1) is 0 Å². The zero-order valence-corrected chi connectivity index (χ0v) is 13.2. The lowest BCUT2D eigenvalue weighted by atomic mass is 10.2. The van der Waals surface area contributed by atoms with Gasteiger partial charge in [0.25, 0.3) is 0 Å². The number of aliphatic imine (C=N–C) groups is 1. The molecule has 1 rings (SSSR count). The number of anilines is 1. The Morgan fingerprint density at radius 1 is 1.63 bits per heavy atom. The normalized spacial score (nSPS) is 13.2. The second-order valence-electron chi connectivity index (χ2n) is 4.14. The van der Waals surface area contributed by atoms with Crippen LogP contribution in [0.3, 0.4) is 0 Å². The van der Waals surface area contributed by atoms with Gasteiger partial charge in [0.2, 0.25) is 11.0 Å². The van der Waals surface area contributed by atoms with E-state index >= 15 is 0 Å². The van der Waals surface area contributed by atoms with E-state index in [9.17, 15) is 4.79 Å². The van der Waals surface area contributed by atoms with Gasteiger partial charge in [-0.3, -0.25) is 14.7 Å². The SMILES string of the molecule is C=NC=C(C)c1nnc(N(C)C(=O)C(C)CSC)s1. The van der Waals surface area contributed by atoms with Gasteiger partial charge in [-0.05, 0) is 19.9 Å². The Morgan fingerprint density at radius 2 is 2.32 bits per heavy atom. The largest absolute Gasteiger partial charge is 0.290 e. The van der Waals surface area contributed by atoms with Crippen molar-refractivity contribution in [2.75, 3.05) is 24.0 Å². The van der Waals surface area contributed by atoms with Crippen LogP contribution >= 0.6 is 23.1 Å². The standard InChI is InChI=1S/C12H18N4OS2/c1-8(6-13-3)10-14-15-12(19-10)16(4)11(17)9(2)7-18-5/h6,9H,3,7H2,1-2,4-5H3. The maximum atomic E-state index is 12.1. The van der Waals surface area contributed by atoms with Crippen molar-refractivity contribution in [1.29, 1.82) is 0 Å². The fraction of sp³-hybridized carbons (Fsp3) is 0.500. The highest BCUT2D eigenvalue weighted by molar-refractivity contribution is 7.98. The van der Waals surface area contributed by atoms with Crippen molar-refractivity contribution in [3.05, 3.63) is 11.2 Å². The molecule has 0 bridgehead atoms. The van der Waals surface area contributed by atoms with Crippen LogP contribution in [-0.4, -0.2) is 41.9 Å². The Morgan fingerprint density at radius 3 is 2.89 bits per heavy atom. The lowest BCUT2D eigenvalue weighted by Gasteiger charge is -2.17. The third-order valence-corrected chi connectivity index (χ3v) is 4.46. The molecule has 7 heteroatoms. The highest BCUT2D eigenvalue weighted by Crippen LogP contribution is 2.25. The van der Waals surface area contributed by atoms with Gasteiger partial charge in [-0.25, -0.2) is 0 Å². The molecule has 0 fully saturated rings. The second-order valence-corrected chi connectivity index (χ2v) is 6.00. The maximum absolute atomic E-state index is 12.1. The molecule has 0 aliphatic heterocycles. The van der Waals surface area contributed by atoms with E-state index < -0.39 is 0 Å². The van der Waals surface area contributed by atoms with E-state index in [-0.39, 0.29) is 11.8 Å². The molecule has 1 heterocycles. The average molecular weight is 298 g/mol. The molecule has 0 aromatic carbocycles. The predicted octanol–water partition coefficient (Wildman–Crippen LogP) is 2.56. The summed E-state index contributed by atoms with van der Waals surface area (Å²) >= 11 is 3.03. The van der Waals surface area contributed by atoms with Gasteiger partial charge in [0, 0.05) is 30.5 Å². The third kappa shape index (κ3) is 4.14. The highest BCUT2D eigenvalue weighted by atomic mass is 32.2. The number of carbonyl (C=O) groups is 1. The quantitative estimate of drug-likeness (QED) is 0.757. The highest BCUT2D eigenvalue weighted by Gasteiger charge is 2.21. The van der Waals surface area contributed by atoms with Crippen LogP contribution in [0, 0.1) is 5.92 Å². The van der Waals surface area contributed by atoms with E-state index in [1.807, 2.05) is 20.1 Å². The molecule has 0 saturated heterocycles. The number of nitrogens with zero attached hydrogens (tertiary/aromatic N) is 4. The fourth-order valence-corrected chi connectivity index (χ4v) is 2.87. The van der Waals surface area contributed by atoms with Crippen LogP contribution in [0.5, 0.6) is 0 Å². The molecular weight excluding hydrogens is 280 g/mol. The Labute approximate surface area is 121 Å². The van der Waals surface area contributed by atoms with Crippen molar-refractivity contribution < 1.29 is 4.79 Å². The first-order valence-corrected chi connectivity index (χ1v) is 7.95. The molecule has 1 aromatic heterocycles. The van der Waals surface area contributed by atoms with Crippen LogP contribution < -0.4 is 4.90 Å². The summed E-state index contributed by atoms with van der Waals surface area (Å²) in [4.78, 5) is 17.4. The van der Waals surface area contributed by atoms with Crippen LogP contribution in [0.1, 0.15) is 18.9 Å². The van der Waals surface area contributed by atoms with E-state index in [1.54, 1.807) is 29.9 Å². The van der Waals surface area contributed by atoms with Gasteiger partial charge in [-0.1, -0.05) is 18.3 Å². The first kappa shape index (κ1) is 15.8. The summed E-state index contributed by atoms with van der Waals surface area (Å²) in [6.45, 7) is 7.21. The number of thioether (sulfide) groups is 1. The Hall–Kier alpha value is -1.21. The number of hydrogen-bond donors (Lipinski definition) is 0. The molecular formula is C12H18N4OS2. The minimum Gasteiger partial charge on any atom is -0.290 e. The molecule has 1 unspecified atom stereocenters. The Bertz CT molecular complexity index is 484. The smallest absolute Gasteiger partial charge is 0.232 e. The monoisotopic (exact) mass is 298 g/mol. The van der Waals surface area contributed by atoms with E-state index in [0.717, 1.165) is 16.3 Å². The molecule has 0 N–H and O–H groups in total. The van der Waals surface area contributed by atoms with Crippen LogP contribution in [0.2, 0.25) is 0 Å². The zero-order chi connectivity index (χ0) is 14.4. The minimum absolute atomic E-state index is 0.0289. The molecule has 5 nitrogen and oxygen atoms in total. The molecule has 1 amide bonds. The van der Waals surface area contributed by atoms with Crippen molar-refractivity contribution in [3.63, 3.8) is 0 Å². The fourth-order valence-electron chi connectivity index (χ4n) is 1.45. The van der Waals surface area contributed by atoms with Crippen LogP contribution in [0.15, 0.2) is 11.2 Å². The van der Waals surface area contributed by atoms with Gasteiger partial charge < -0.3 is 0 Å². The van der Waals surface area contributed by atoms with Crippen molar-refractivity contribution in [2.24, 2.45) is 10.9 Å².